The lowest BCUT2D eigenvalue weighted by atomic mass is 9.92. The molecule has 0 spiro atoms. The fourth-order valence-corrected chi connectivity index (χ4v) is 11.4. The van der Waals surface area contributed by atoms with Gasteiger partial charge >= 0.3 is 11.9 Å². The van der Waals surface area contributed by atoms with Crippen LogP contribution in [-0.2, 0) is 99.9 Å². The number of carbonyl (C=O) groups is 8. The Morgan fingerprint density at radius 3 is 1.03 bits per heavy atom. The molecule has 30 atom stereocenters. The van der Waals surface area contributed by atoms with Gasteiger partial charge in [0.25, 0.3) is 0 Å². The normalized spacial score (nSPS) is 43.1. The van der Waals surface area contributed by atoms with E-state index in [4.69, 9.17) is 61.6 Å². The number of aliphatic hydroxyl groups excluding tert-OH is 8. The van der Waals surface area contributed by atoms with Crippen molar-refractivity contribution < 1.29 is 141 Å². The van der Waals surface area contributed by atoms with E-state index in [2.05, 4.69) is 31.9 Å². The van der Waals surface area contributed by atoms with Crippen molar-refractivity contribution in [2.75, 3.05) is 13.2 Å². The van der Waals surface area contributed by atoms with Gasteiger partial charge in [-0.3, -0.25) is 38.4 Å². The Morgan fingerprint density at radius 1 is 0.322 bits per heavy atom. The van der Waals surface area contributed by atoms with Gasteiger partial charge in [0.1, 0.15) is 109 Å². The van der Waals surface area contributed by atoms with E-state index in [1.807, 2.05) is 0 Å². The van der Waals surface area contributed by atoms with Crippen LogP contribution in [0.2, 0.25) is 0 Å². The van der Waals surface area contributed by atoms with Crippen molar-refractivity contribution in [1.29, 1.82) is 0 Å². The Labute approximate surface area is 499 Å². The van der Waals surface area contributed by atoms with Crippen LogP contribution in [0.4, 0.5) is 0 Å². The molecule has 6 rings (SSSR count). The van der Waals surface area contributed by atoms with E-state index in [-0.39, 0.29) is 0 Å². The van der Waals surface area contributed by atoms with E-state index < -0.39 is 244 Å². The summed E-state index contributed by atoms with van der Waals surface area (Å²) in [5, 5.41) is 104. The standard InChI is InChI=1S/C52H84N6O29/c1-15-35(69)42(30(47(74)75-15)54-20(6)62)84-49-31(55-21(7)63)44(37(71)16(2)76-49)86-52-34(58-24(10)66)46(41(79-25(11)67)28(14-60)82-52)87-50-32(56-22(8)64)43(36(70)17(3)77-50)85-51-33(57-23(9)65)45(80-26(12)68)40(18(4)78-51)83-48-29(53-19(5)61)39(73)38(72)27(13-59)81-48/h15-18,27-52,59-60,69-74H,13-14H2,1-12H3,(H,53,61)(H,54,62)(H,55,63)(H,56,64)(H,57,65)(H,58,66)/t15-,16-,17-,18-,27+,28+,29-,30-,31-,32-,33-,34-,35+,36+,37+,38+,39+,40+,41+,42-,43-,44-,45-,46+,47+,48-,49-,50+,51-,52-/m0/s1. The molecule has 0 aliphatic carbocycles. The minimum Gasteiger partial charge on any atom is -0.457 e. The lowest BCUT2D eigenvalue weighted by Crippen LogP contribution is -2.73. The molecule has 35 nitrogen and oxygen atoms in total. The molecular weight excluding hydrogens is 1170 g/mol. The molecule has 0 saturated carbocycles. The highest BCUT2D eigenvalue weighted by Gasteiger charge is 2.59. The van der Waals surface area contributed by atoms with Gasteiger partial charge in [-0.15, -0.1) is 0 Å². The molecule has 6 heterocycles. The van der Waals surface area contributed by atoms with Crippen molar-refractivity contribution in [3.05, 3.63) is 0 Å². The molecule has 35 heteroatoms. The second-order valence-electron chi connectivity index (χ2n) is 22.3. The maximum atomic E-state index is 13.4. The summed E-state index contributed by atoms with van der Waals surface area (Å²) in [6.45, 7) is 12.4. The highest BCUT2D eigenvalue weighted by Crippen LogP contribution is 2.38. The van der Waals surface area contributed by atoms with Crippen molar-refractivity contribution in [1.82, 2.24) is 31.9 Å². The summed E-state index contributed by atoms with van der Waals surface area (Å²) in [6.07, 6.45) is -39.0. The maximum absolute atomic E-state index is 13.4. The Bertz CT molecular complexity index is 2400. The molecule has 6 aliphatic rings. The van der Waals surface area contributed by atoms with E-state index in [1.165, 1.54) is 27.7 Å². The highest BCUT2D eigenvalue weighted by atomic mass is 16.8. The smallest absolute Gasteiger partial charge is 0.303 e. The van der Waals surface area contributed by atoms with Crippen molar-refractivity contribution >= 4 is 47.4 Å². The zero-order valence-corrected chi connectivity index (χ0v) is 49.9. The molecule has 0 bridgehead atoms. The molecule has 0 aromatic carbocycles. The first kappa shape index (κ1) is 71.1. The van der Waals surface area contributed by atoms with E-state index in [1.54, 1.807) is 0 Å². The maximum Gasteiger partial charge on any atom is 0.303 e. The summed E-state index contributed by atoms with van der Waals surface area (Å²) in [5.74, 6) is -6.39. The second kappa shape index (κ2) is 30.7. The van der Waals surface area contributed by atoms with Crippen LogP contribution >= 0.6 is 0 Å². The predicted octanol–water partition coefficient (Wildman–Crippen LogP) is -7.99. The zero-order chi connectivity index (χ0) is 64.8. The van der Waals surface area contributed by atoms with E-state index >= 15 is 0 Å². The van der Waals surface area contributed by atoms with Crippen molar-refractivity contribution in [3.8, 4) is 0 Å². The Kier molecular flexibility index (Phi) is 25.1. The molecule has 6 aliphatic heterocycles. The summed E-state index contributed by atoms with van der Waals surface area (Å²) in [5.41, 5.74) is 0. The number of ether oxygens (including phenoxy) is 13. The van der Waals surface area contributed by atoms with Gasteiger partial charge in [0.15, 0.2) is 49.9 Å². The number of amides is 6. The zero-order valence-electron chi connectivity index (χ0n) is 49.9. The van der Waals surface area contributed by atoms with Crippen LogP contribution in [0.1, 0.15) is 83.1 Å². The SMILES string of the molecule is CC(=O)N[C@@H]1[C@H](O[C@H]2[C@@H](OC(C)=O)[C@H](NC(C)=O)[C@H](O[C@@H]3[C@H](O)[C@H](C)O[C@H](O[C@@H]4[C@H](NC(C)=O)[C@H](O[C@@H]5[C@H](O)[C@H](C)O[C@@H](O[C@@H]6[C@H](O)[C@H](C)O[C@@H](O)[C@H]6NC(C)=O)[C@H]5NC(C)=O)O[C@H](CO)[C@H]4OC(C)=O)[C@H]3NC(C)=O)O[C@H]2C)O[C@H](CO)[C@@H](O)[C@@H]1O. The Balaban J connectivity index is 1.38. The number of nitrogens with one attached hydrogen (secondary N) is 6. The Hall–Kier alpha value is -5.00. The first-order valence-electron chi connectivity index (χ1n) is 28.2. The fourth-order valence-electron chi connectivity index (χ4n) is 11.4. The Morgan fingerprint density at radius 2 is 0.621 bits per heavy atom. The minimum absolute atomic E-state index is 0.656. The topological polar surface area (TPSA) is 491 Å². The first-order valence-corrected chi connectivity index (χ1v) is 28.2. The first-order chi connectivity index (χ1) is 40.8. The van der Waals surface area contributed by atoms with Crippen LogP contribution < -0.4 is 31.9 Å². The third-order valence-electron chi connectivity index (χ3n) is 15.2. The van der Waals surface area contributed by atoms with Crippen molar-refractivity contribution in [3.63, 3.8) is 0 Å². The van der Waals surface area contributed by atoms with Crippen molar-refractivity contribution in [2.45, 2.75) is 267 Å². The van der Waals surface area contributed by atoms with Gasteiger partial charge in [-0.2, -0.15) is 0 Å². The predicted molar refractivity (Wildman–Crippen MR) is 282 cm³/mol. The summed E-state index contributed by atoms with van der Waals surface area (Å²) in [4.78, 5) is 103. The molecule has 0 aromatic rings. The molecular formula is C52H84N6O29. The number of esters is 2. The van der Waals surface area contributed by atoms with Crippen LogP contribution in [0.25, 0.3) is 0 Å². The number of carbonyl (C=O) groups excluding carboxylic acids is 8. The molecule has 0 aromatic heterocycles. The third-order valence-corrected chi connectivity index (χ3v) is 15.2. The largest absolute Gasteiger partial charge is 0.457 e. The second-order valence-corrected chi connectivity index (χ2v) is 22.3. The van der Waals surface area contributed by atoms with Crippen LogP contribution in [0.3, 0.4) is 0 Å². The average molecular weight is 1260 g/mol. The van der Waals surface area contributed by atoms with Gasteiger partial charge in [-0.05, 0) is 27.7 Å². The van der Waals surface area contributed by atoms with Gasteiger partial charge in [0.05, 0.1) is 37.6 Å². The minimum atomic E-state index is -1.91. The van der Waals surface area contributed by atoms with Gasteiger partial charge in [0, 0.05) is 55.4 Å². The summed E-state index contributed by atoms with van der Waals surface area (Å²) in [7, 11) is 0. The average Bonchev–Trinajstić information content (AvgIpc) is 1.02. The van der Waals surface area contributed by atoms with Gasteiger partial charge in [-0.25, -0.2) is 0 Å². The van der Waals surface area contributed by atoms with Crippen LogP contribution in [0.15, 0.2) is 0 Å². The van der Waals surface area contributed by atoms with Gasteiger partial charge in [0.2, 0.25) is 35.4 Å². The van der Waals surface area contributed by atoms with Crippen molar-refractivity contribution in [2.24, 2.45) is 0 Å². The molecule has 6 amide bonds. The molecule has 14 N–H and O–H groups in total. The van der Waals surface area contributed by atoms with E-state index in [0.29, 0.717) is 0 Å². The van der Waals surface area contributed by atoms with E-state index in [9.17, 15) is 79.2 Å². The van der Waals surface area contributed by atoms with Crippen LogP contribution in [-0.4, -0.2) is 285 Å². The van der Waals surface area contributed by atoms with Gasteiger partial charge in [-0.1, -0.05) is 0 Å². The molecule has 6 fully saturated rings. The molecule has 0 unspecified atom stereocenters. The van der Waals surface area contributed by atoms with Crippen LogP contribution in [0, 0.1) is 0 Å². The number of hydrogen-bond donors (Lipinski definition) is 14. The molecule has 496 valence electrons. The molecule has 87 heavy (non-hydrogen) atoms. The quantitative estimate of drug-likeness (QED) is 0.0504. The molecule has 0 radical (unpaired) electrons. The lowest BCUT2D eigenvalue weighted by molar-refractivity contribution is -0.362. The number of hydrogen-bond acceptors (Lipinski definition) is 29. The lowest BCUT2D eigenvalue weighted by Gasteiger charge is -2.52. The molecule has 6 saturated heterocycles. The summed E-state index contributed by atoms with van der Waals surface area (Å²) in [6, 6.07) is -9.54. The number of aliphatic hydroxyl groups is 8. The fraction of sp³-hybridized carbons (Fsp3) is 0.846. The summed E-state index contributed by atoms with van der Waals surface area (Å²) >= 11 is 0. The van der Waals surface area contributed by atoms with Gasteiger partial charge < -0.3 is 134 Å². The number of rotatable bonds is 20. The van der Waals surface area contributed by atoms with Crippen LogP contribution in [0.5, 0.6) is 0 Å². The monoisotopic (exact) mass is 1260 g/mol. The third kappa shape index (κ3) is 17.3. The van der Waals surface area contributed by atoms with E-state index in [0.717, 1.165) is 55.4 Å². The highest BCUT2D eigenvalue weighted by molar-refractivity contribution is 5.75. The summed E-state index contributed by atoms with van der Waals surface area (Å²) < 4.78 is 79.8.